The molecule has 130 valence electrons. The average molecular weight is 383 g/mol. The number of ether oxygens (including phenoxy) is 1. The van der Waals surface area contributed by atoms with E-state index in [1.54, 1.807) is 31.6 Å². The second-order valence-electron chi connectivity index (χ2n) is 5.18. The van der Waals surface area contributed by atoms with E-state index < -0.39 is 0 Å². The van der Waals surface area contributed by atoms with Crippen molar-refractivity contribution in [1.82, 2.24) is 4.98 Å². The maximum atomic E-state index is 12.9. The minimum absolute atomic E-state index is 0.242. The van der Waals surface area contributed by atoms with Crippen molar-refractivity contribution >= 4 is 50.1 Å². The maximum Gasteiger partial charge on any atom is 0.290 e. The van der Waals surface area contributed by atoms with Gasteiger partial charge in [0.15, 0.2) is 0 Å². The number of methoxy groups -OCH3 is 1. The third kappa shape index (κ3) is 3.24. The summed E-state index contributed by atoms with van der Waals surface area (Å²) in [4.78, 5) is 18.0. The quantitative estimate of drug-likeness (QED) is 0.372. The van der Waals surface area contributed by atoms with Gasteiger partial charge in [0, 0.05) is 0 Å². The molecule has 1 amide bonds. The molecule has 3 heterocycles. The van der Waals surface area contributed by atoms with E-state index >= 15 is 0 Å². The molecular weight excluding hydrogens is 370 g/mol. The average Bonchev–Trinajstić information content (AvgIpc) is 3.41. The SMILES string of the molecule is COc1ccc2nc(N(/N=C\c3ccco3)C(=O)c3cccs3)sc2c1. The van der Waals surface area contributed by atoms with Crippen LogP contribution < -0.4 is 9.75 Å². The Morgan fingerprint density at radius 1 is 1.31 bits per heavy atom. The van der Waals surface area contributed by atoms with E-state index in [0.717, 1.165) is 16.0 Å². The molecule has 0 aliphatic heterocycles. The molecule has 0 atom stereocenters. The van der Waals surface area contributed by atoms with Crippen LogP contribution in [-0.2, 0) is 0 Å². The molecule has 1 aromatic carbocycles. The fourth-order valence-electron chi connectivity index (χ4n) is 2.28. The van der Waals surface area contributed by atoms with Crippen LogP contribution in [-0.4, -0.2) is 24.2 Å². The lowest BCUT2D eigenvalue weighted by Gasteiger charge is -2.12. The number of fused-ring (bicyclic) bond motifs is 1. The van der Waals surface area contributed by atoms with Gasteiger partial charge in [0.1, 0.15) is 11.5 Å². The maximum absolute atomic E-state index is 12.9. The second kappa shape index (κ2) is 7.11. The number of aromatic nitrogens is 1. The van der Waals surface area contributed by atoms with Crippen LogP contribution in [0.5, 0.6) is 5.75 Å². The van der Waals surface area contributed by atoms with Gasteiger partial charge in [-0.25, -0.2) is 4.98 Å². The molecule has 0 aliphatic carbocycles. The number of anilines is 1. The van der Waals surface area contributed by atoms with E-state index in [2.05, 4.69) is 10.1 Å². The number of rotatable bonds is 5. The number of thiazole rings is 1. The molecule has 8 heteroatoms. The highest BCUT2D eigenvalue weighted by molar-refractivity contribution is 7.22. The molecule has 3 aromatic heterocycles. The topological polar surface area (TPSA) is 67.9 Å². The van der Waals surface area contributed by atoms with Gasteiger partial charge in [-0.1, -0.05) is 17.4 Å². The Balaban J connectivity index is 1.75. The number of benzene rings is 1. The summed E-state index contributed by atoms with van der Waals surface area (Å²) in [5, 5.41) is 7.95. The Morgan fingerprint density at radius 2 is 2.23 bits per heavy atom. The van der Waals surface area contributed by atoms with Gasteiger partial charge in [0.05, 0.1) is 34.7 Å². The van der Waals surface area contributed by atoms with Crippen molar-refractivity contribution in [3.05, 3.63) is 64.7 Å². The Bertz CT molecular complexity index is 1050. The molecule has 0 saturated carbocycles. The molecule has 0 aliphatic rings. The lowest BCUT2D eigenvalue weighted by Crippen LogP contribution is -2.24. The van der Waals surface area contributed by atoms with Crippen LogP contribution in [0.25, 0.3) is 10.2 Å². The number of carbonyl (C=O) groups excluding carboxylic acids is 1. The predicted molar refractivity (Wildman–Crippen MR) is 104 cm³/mol. The Kier molecular flexibility index (Phi) is 4.51. The molecule has 4 aromatic rings. The molecule has 0 spiro atoms. The van der Waals surface area contributed by atoms with E-state index in [9.17, 15) is 4.79 Å². The van der Waals surface area contributed by atoms with Crippen molar-refractivity contribution in [3.8, 4) is 5.75 Å². The molecule has 0 fully saturated rings. The molecule has 0 saturated heterocycles. The van der Waals surface area contributed by atoms with Crippen LogP contribution in [0, 0.1) is 0 Å². The summed E-state index contributed by atoms with van der Waals surface area (Å²) in [6.07, 6.45) is 3.05. The van der Waals surface area contributed by atoms with Crippen molar-refractivity contribution < 1.29 is 13.9 Å². The first kappa shape index (κ1) is 16.5. The molecule has 26 heavy (non-hydrogen) atoms. The molecular formula is C18H13N3O3S2. The van der Waals surface area contributed by atoms with Gasteiger partial charge >= 0.3 is 0 Å². The predicted octanol–water partition coefficient (Wildman–Crippen LogP) is 4.64. The van der Waals surface area contributed by atoms with E-state index in [1.807, 2.05) is 29.6 Å². The van der Waals surface area contributed by atoms with Crippen molar-refractivity contribution in [3.63, 3.8) is 0 Å². The minimum Gasteiger partial charge on any atom is -0.497 e. The molecule has 0 bridgehead atoms. The van der Waals surface area contributed by atoms with E-state index in [4.69, 9.17) is 9.15 Å². The standard InChI is InChI=1S/C18H13N3O3S2/c1-23-12-6-7-14-16(10-12)26-18(20-14)21(17(22)15-5-3-9-25-15)19-11-13-4-2-8-24-13/h2-11H,1H3/b19-11-. The van der Waals surface area contributed by atoms with Crippen LogP contribution in [0.4, 0.5) is 5.13 Å². The Hall–Kier alpha value is -2.97. The first-order valence-electron chi connectivity index (χ1n) is 7.64. The molecule has 0 N–H and O–H groups in total. The van der Waals surface area contributed by atoms with E-state index in [0.29, 0.717) is 15.8 Å². The summed E-state index contributed by atoms with van der Waals surface area (Å²) in [5.41, 5.74) is 0.781. The van der Waals surface area contributed by atoms with Gasteiger partial charge in [-0.05, 0) is 41.8 Å². The fourth-order valence-corrected chi connectivity index (χ4v) is 3.88. The summed E-state index contributed by atoms with van der Waals surface area (Å²) in [7, 11) is 1.61. The van der Waals surface area contributed by atoms with Gasteiger partial charge in [0.25, 0.3) is 5.91 Å². The third-order valence-electron chi connectivity index (χ3n) is 3.53. The highest BCUT2D eigenvalue weighted by atomic mass is 32.1. The smallest absolute Gasteiger partial charge is 0.290 e. The van der Waals surface area contributed by atoms with Gasteiger partial charge in [-0.2, -0.15) is 10.1 Å². The van der Waals surface area contributed by atoms with Gasteiger partial charge < -0.3 is 9.15 Å². The zero-order valence-corrected chi connectivity index (χ0v) is 15.3. The highest BCUT2D eigenvalue weighted by Gasteiger charge is 2.22. The van der Waals surface area contributed by atoms with Gasteiger partial charge in [-0.3, -0.25) is 4.79 Å². The van der Waals surface area contributed by atoms with Crippen LogP contribution in [0.3, 0.4) is 0 Å². The van der Waals surface area contributed by atoms with Crippen molar-refractivity contribution in [2.75, 3.05) is 12.1 Å². The number of hydrogen-bond donors (Lipinski definition) is 0. The van der Waals surface area contributed by atoms with Crippen LogP contribution in [0.15, 0.2) is 63.6 Å². The largest absolute Gasteiger partial charge is 0.497 e. The fraction of sp³-hybridized carbons (Fsp3) is 0.0556. The van der Waals surface area contributed by atoms with E-state index in [1.165, 1.54) is 33.9 Å². The van der Waals surface area contributed by atoms with E-state index in [-0.39, 0.29) is 5.91 Å². The molecule has 4 rings (SSSR count). The zero-order chi connectivity index (χ0) is 17.9. The monoisotopic (exact) mass is 383 g/mol. The summed E-state index contributed by atoms with van der Waals surface area (Å²) >= 11 is 2.73. The van der Waals surface area contributed by atoms with Crippen LogP contribution in [0.2, 0.25) is 0 Å². The normalized spacial score (nSPS) is 11.3. The number of amides is 1. The van der Waals surface area contributed by atoms with Crippen molar-refractivity contribution in [2.24, 2.45) is 5.10 Å². The highest BCUT2D eigenvalue weighted by Crippen LogP contribution is 2.32. The molecule has 0 unspecified atom stereocenters. The van der Waals surface area contributed by atoms with Crippen molar-refractivity contribution in [2.45, 2.75) is 0 Å². The third-order valence-corrected chi connectivity index (χ3v) is 5.39. The van der Waals surface area contributed by atoms with Gasteiger partial charge in [-0.15, -0.1) is 11.3 Å². The minimum atomic E-state index is -0.242. The lowest BCUT2D eigenvalue weighted by molar-refractivity contribution is 0.0991. The van der Waals surface area contributed by atoms with Gasteiger partial charge in [0.2, 0.25) is 5.13 Å². The first-order valence-corrected chi connectivity index (χ1v) is 9.34. The van der Waals surface area contributed by atoms with Crippen LogP contribution >= 0.6 is 22.7 Å². The first-order chi connectivity index (χ1) is 12.7. The molecule has 0 radical (unpaired) electrons. The number of thiophene rings is 1. The number of hydrogen-bond acceptors (Lipinski definition) is 7. The summed E-state index contributed by atoms with van der Waals surface area (Å²) in [6, 6.07) is 12.7. The lowest BCUT2D eigenvalue weighted by atomic mass is 10.3. The molecule has 6 nitrogen and oxygen atoms in total. The summed E-state index contributed by atoms with van der Waals surface area (Å²) in [6.45, 7) is 0. The number of carbonyl (C=O) groups is 1. The Morgan fingerprint density at radius 3 is 2.96 bits per heavy atom. The Labute approximate surface area is 157 Å². The number of nitrogens with zero attached hydrogens (tertiary/aromatic N) is 3. The zero-order valence-electron chi connectivity index (χ0n) is 13.7. The van der Waals surface area contributed by atoms with Crippen molar-refractivity contribution in [1.29, 1.82) is 0 Å². The second-order valence-corrected chi connectivity index (χ2v) is 7.14. The number of furan rings is 1. The summed E-state index contributed by atoms with van der Waals surface area (Å²) in [5.74, 6) is 1.05. The number of hydrazone groups is 1. The summed E-state index contributed by atoms with van der Waals surface area (Å²) < 4.78 is 11.4. The van der Waals surface area contributed by atoms with Crippen LogP contribution in [0.1, 0.15) is 15.4 Å².